The minimum Gasteiger partial charge on any atom is -0.368 e. The Labute approximate surface area is 166 Å². The van der Waals surface area contributed by atoms with Gasteiger partial charge in [-0.1, -0.05) is 0 Å². The van der Waals surface area contributed by atoms with Crippen LogP contribution in [-0.2, 0) is 20.0 Å². The zero-order valence-corrected chi connectivity index (χ0v) is 16.9. The van der Waals surface area contributed by atoms with Gasteiger partial charge in [0, 0.05) is 12.1 Å². The van der Waals surface area contributed by atoms with Crippen LogP contribution < -0.4 is 10.5 Å². The summed E-state index contributed by atoms with van der Waals surface area (Å²) in [5.74, 6) is -0.232. The van der Waals surface area contributed by atoms with Crippen LogP contribution in [0.3, 0.4) is 0 Å². The van der Waals surface area contributed by atoms with Gasteiger partial charge >= 0.3 is 0 Å². The fourth-order valence-corrected chi connectivity index (χ4v) is 4.77. The fourth-order valence-electron chi connectivity index (χ4n) is 2.58. The number of hydrogen-bond acceptors (Lipinski definition) is 8. The van der Waals surface area contributed by atoms with E-state index in [-0.39, 0.29) is 33.3 Å². The van der Waals surface area contributed by atoms with Crippen molar-refractivity contribution in [1.29, 1.82) is 0 Å². The maximum absolute atomic E-state index is 12.6. The van der Waals surface area contributed by atoms with Gasteiger partial charge in [0.05, 0.1) is 31.8 Å². The number of nitrogen functional groups attached to an aromatic ring is 1. The molecular formula is C16H17N5O6S2. The molecule has 0 aliphatic rings. The van der Waals surface area contributed by atoms with E-state index >= 15 is 0 Å². The van der Waals surface area contributed by atoms with E-state index in [2.05, 4.69) is 9.71 Å². The Morgan fingerprint density at radius 1 is 1.10 bits per heavy atom. The summed E-state index contributed by atoms with van der Waals surface area (Å²) in [4.78, 5) is 13.9. The van der Waals surface area contributed by atoms with Crippen LogP contribution in [0.5, 0.6) is 0 Å². The van der Waals surface area contributed by atoms with Gasteiger partial charge in [0.25, 0.3) is 15.7 Å². The Bertz CT molecular complexity index is 1310. The Kier molecular flexibility index (Phi) is 4.96. The van der Waals surface area contributed by atoms with Crippen molar-refractivity contribution in [3.8, 4) is 0 Å². The molecule has 3 aromatic rings. The number of sulfonamides is 1. The highest BCUT2D eigenvalue weighted by molar-refractivity contribution is 7.92. The first-order valence-corrected chi connectivity index (χ1v) is 11.2. The van der Waals surface area contributed by atoms with E-state index in [0.717, 1.165) is 28.2 Å². The molecule has 2 aromatic carbocycles. The number of nitro benzene ring substituents is 1. The van der Waals surface area contributed by atoms with Gasteiger partial charge in [0.2, 0.25) is 16.0 Å². The normalized spacial score (nSPS) is 12.4. The highest BCUT2D eigenvalue weighted by Gasteiger charge is 2.25. The van der Waals surface area contributed by atoms with E-state index in [1.165, 1.54) is 32.0 Å². The van der Waals surface area contributed by atoms with Crippen LogP contribution in [-0.4, -0.2) is 36.0 Å². The zero-order valence-electron chi connectivity index (χ0n) is 15.3. The second-order valence-electron chi connectivity index (χ2n) is 6.39. The van der Waals surface area contributed by atoms with Gasteiger partial charge in [-0.05, 0) is 44.2 Å². The number of nitrogens with zero attached hydrogens (tertiary/aromatic N) is 3. The molecule has 0 bridgehead atoms. The van der Waals surface area contributed by atoms with Crippen molar-refractivity contribution in [2.75, 3.05) is 10.5 Å². The van der Waals surface area contributed by atoms with Crippen LogP contribution in [0, 0.1) is 10.1 Å². The Morgan fingerprint density at radius 3 is 2.28 bits per heavy atom. The summed E-state index contributed by atoms with van der Waals surface area (Å²) in [6.07, 6.45) is 0. The number of nitrogens with two attached hydrogens (primary N) is 1. The molecule has 0 aliphatic carbocycles. The quantitative estimate of drug-likeness (QED) is 0.434. The SMILES string of the molecule is CC(C)S(=O)(=O)n1c(N)nc2ccc(NS(=O)(=O)c3ccc([N+](=O)[O-])cc3)cc21. The third kappa shape index (κ3) is 3.73. The smallest absolute Gasteiger partial charge is 0.269 e. The van der Waals surface area contributed by atoms with Crippen molar-refractivity contribution < 1.29 is 21.8 Å². The van der Waals surface area contributed by atoms with Crippen LogP contribution >= 0.6 is 0 Å². The third-order valence-corrected chi connectivity index (χ3v) is 7.58. The number of imidazole rings is 1. The number of non-ortho nitro benzene ring substituents is 1. The summed E-state index contributed by atoms with van der Waals surface area (Å²) < 4.78 is 53.5. The molecule has 11 nitrogen and oxygen atoms in total. The first kappa shape index (κ1) is 20.5. The monoisotopic (exact) mass is 439 g/mol. The summed E-state index contributed by atoms with van der Waals surface area (Å²) >= 11 is 0. The fraction of sp³-hybridized carbons (Fsp3) is 0.188. The highest BCUT2D eigenvalue weighted by atomic mass is 32.2. The summed E-state index contributed by atoms with van der Waals surface area (Å²) in [6, 6.07) is 8.50. The van der Waals surface area contributed by atoms with Crippen molar-refractivity contribution in [1.82, 2.24) is 8.96 Å². The average molecular weight is 439 g/mol. The number of anilines is 2. The largest absolute Gasteiger partial charge is 0.368 e. The summed E-state index contributed by atoms with van der Waals surface area (Å²) in [6.45, 7) is 2.98. The molecule has 0 amide bonds. The van der Waals surface area contributed by atoms with Gasteiger partial charge < -0.3 is 5.73 Å². The minimum absolute atomic E-state index is 0.0796. The molecular weight excluding hydrogens is 422 g/mol. The summed E-state index contributed by atoms with van der Waals surface area (Å²) in [7, 11) is -7.89. The van der Waals surface area contributed by atoms with Gasteiger partial charge in [0.15, 0.2) is 0 Å². The second kappa shape index (κ2) is 7.00. The lowest BCUT2D eigenvalue weighted by Crippen LogP contribution is -2.23. The second-order valence-corrected chi connectivity index (χ2v) is 10.4. The molecule has 0 saturated heterocycles. The maximum atomic E-state index is 12.6. The zero-order chi connectivity index (χ0) is 21.6. The first-order valence-electron chi connectivity index (χ1n) is 8.23. The molecule has 1 aromatic heterocycles. The number of nitro groups is 1. The first-order chi connectivity index (χ1) is 13.4. The molecule has 0 aliphatic heterocycles. The van der Waals surface area contributed by atoms with Crippen LogP contribution in [0.2, 0.25) is 0 Å². The number of hydrogen-bond donors (Lipinski definition) is 2. The lowest BCUT2D eigenvalue weighted by molar-refractivity contribution is -0.384. The maximum Gasteiger partial charge on any atom is 0.269 e. The van der Waals surface area contributed by atoms with Crippen LogP contribution in [0.15, 0.2) is 47.4 Å². The highest BCUT2D eigenvalue weighted by Crippen LogP contribution is 2.27. The molecule has 13 heteroatoms. The van der Waals surface area contributed by atoms with Gasteiger partial charge in [0.1, 0.15) is 0 Å². The van der Waals surface area contributed by atoms with E-state index in [9.17, 15) is 26.9 Å². The summed E-state index contributed by atoms with van der Waals surface area (Å²) in [5, 5.41) is 9.94. The van der Waals surface area contributed by atoms with Crippen LogP contribution in [0.1, 0.15) is 13.8 Å². The van der Waals surface area contributed by atoms with E-state index in [4.69, 9.17) is 5.73 Å². The molecule has 3 N–H and O–H groups in total. The van der Waals surface area contributed by atoms with Crippen LogP contribution in [0.25, 0.3) is 11.0 Å². The van der Waals surface area contributed by atoms with Crippen molar-refractivity contribution in [2.45, 2.75) is 24.0 Å². The molecule has 0 saturated carbocycles. The standard InChI is InChI=1S/C16H17N5O6S2/c1-10(2)29(26,27)20-15-9-11(3-8-14(15)18-16(20)17)19-28(24,25)13-6-4-12(5-7-13)21(22)23/h3-10,19H,1-2H3,(H2,17,18). The van der Waals surface area contributed by atoms with Crippen molar-refractivity contribution >= 4 is 48.4 Å². The van der Waals surface area contributed by atoms with E-state index in [1.807, 2.05) is 0 Å². The molecule has 0 fully saturated rings. The number of benzene rings is 2. The summed E-state index contributed by atoms with van der Waals surface area (Å²) in [5.41, 5.74) is 6.00. The van der Waals surface area contributed by atoms with E-state index < -0.39 is 30.2 Å². The number of aromatic nitrogens is 2. The topological polar surface area (TPSA) is 167 Å². The van der Waals surface area contributed by atoms with E-state index in [0.29, 0.717) is 0 Å². The lowest BCUT2D eigenvalue weighted by Gasteiger charge is -2.12. The Balaban J connectivity index is 2.03. The molecule has 154 valence electrons. The van der Waals surface area contributed by atoms with Gasteiger partial charge in [-0.15, -0.1) is 0 Å². The predicted molar refractivity (Wildman–Crippen MR) is 108 cm³/mol. The number of fused-ring (bicyclic) bond motifs is 1. The molecule has 29 heavy (non-hydrogen) atoms. The van der Waals surface area contributed by atoms with Gasteiger partial charge in [-0.25, -0.2) is 25.8 Å². The Morgan fingerprint density at radius 2 is 1.72 bits per heavy atom. The van der Waals surface area contributed by atoms with Crippen molar-refractivity contribution in [2.24, 2.45) is 0 Å². The third-order valence-electron chi connectivity index (χ3n) is 4.10. The van der Waals surface area contributed by atoms with Crippen molar-refractivity contribution in [3.63, 3.8) is 0 Å². The minimum atomic E-state index is -4.07. The number of nitrogens with one attached hydrogen (secondary N) is 1. The number of rotatable bonds is 6. The molecule has 1 heterocycles. The molecule has 0 atom stereocenters. The van der Waals surface area contributed by atoms with E-state index in [1.54, 1.807) is 0 Å². The molecule has 0 radical (unpaired) electrons. The van der Waals surface area contributed by atoms with Crippen LogP contribution in [0.4, 0.5) is 17.3 Å². The predicted octanol–water partition coefficient (Wildman–Crippen LogP) is 1.91. The lowest BCUT2D eigenvalue weighted by atomic mass is 10.3. The molecule has 0 spiro atoms. The van der Waals surface area contributed by atoms with Gasteiger partial charge in [-0.3, -0.25) is 14.8 Å². The molecule has 3 rings (SSSR count). The molecule has 0 unspecified atom stereocenters. The Hall–Kier alpha value is -3.19. The van der Waals surface area contributed by atoms with Gasteiger partial charge in [-0.2, -0.15) is 0 Å². The average Bonchev–Trinajstić information content (AvgIpc) is 2.97. The van der Waals surface area contributed by atoms with Crippen molar-refractivity contribution in [3.05, 3.63) is 52.6 Å².